The smallest absolute Gasteiger partial charge is 0.423 e. The molecule has 6 rings (SSSR count). The number of hydrogen-bond acceptors (Lipinski definition) is 2. The number of nitrogens with zero attached hydrogens (tertiary/aromatic N) is 2. The van der Waals surface area contributed by atoms with Crippen LogP contribution >= 0.6 is 0 Å². The van der Waals surface area contributed by atoms with Gasteiger partial charge in [0.05, 0.1) is 16.6 Å². The fraction of sp³-hybridized carbons (Fsp3) is 0. The fourth-order valence-corrected chi connectivity index (χ4v) is 4.59. The first-order chi connectivity index (χ1) is 15.2. The van der Waals surface area contributed by atoms with E-state index >= 15 is 0 Å². The van der Waals surface area contributed by atoms with E-state index in [0.717, 1.165) is 33.3 Å². The van der Waals surface area contributed by atoms with Gasteiger partial charge in [-0.3, -0.25) is 0 Å². The molecule has 0 aliphatic carbocycles. The molecule has 4 aromatic carbocycles. The normalized spacial score (nSPS) is 11.5. The number of rotatable bonds is 3. The van der Waals surface area contributed by atoms with Crippen molar-refractivity contribution in [2.45, 2.75) is 0 Å². The lowest BCUT2D eigenvalue weighted by molar-refractivity contribution is 0.426. The minimum absolute atomic E-state index is 0.470. The van der Waals surface area contributed by atoms with Gasteiger partial charge in [0.2, 0.25) is 0 Å². The number of aromatic nitrogens is 2. The van der Waals surface area contributed by atoms with E-state index in [1.54, 1.807) is 6.07 Å². The predicted octanol–water partition coefficient (Wildman–Crippen LogP) is 4.41. The van der Waals surface area contributed by atoms with Gasteiger partial charge in [0.1, 0.15) is 0 Å². The number of para-hydroxylation sites is 2. The summed E-state index contributed by atoms with van der Waals surface area (Å²) < 4.78 is 4.43. The summed E-state index contributed by atoms with van der Waals surface area (Å²) in [6.07, 6.45) is 2.12. The van der Waals surface area contributed by atoms with Crippen LogP contribution in [0.3, 0.4) is 0 Å². The molecule has 6 aromatic rings. The maximum Gasteiger partial charge on any atom is 0.488 e. The highest BCUT2D eigenvalue weighted by Crippen LogP contribution is 2.37. The van der Waals surface area contributed by atoms with Crippen LogP contribution in [-0.2, 0) is 0 Å². The third-order valence-corrected chi connectivity index (χ3v) is 5.95. The molecule has 0 bridgehead atoms. The molecule has 148 valence electrons. The first-order valence-corrected chi connectivity index (χ1v) is 10.3. The van der Waals surface area contributed by atoms with E-state index in [1.165, 1.54) is 10.8 Å². The molecule has 2 heterocycles. The first-order valence-electron chi connectivity index (χ1n) is 10.3. The van der Waals surface area contributed by atoms with Crippen molar-refractivity contribution in [3.63, 3.8) is 0 Å². The maximum absolute atomic E-state index is 9.69. The second-order valence-electron chi connectivity index (χ2n) is 7.74. The molecule has 0 unspecified atom stereocenters. The highest BCUT2D eigenvalue weighted by molar-refractivity contribution is 6.58. The Morgan fingerprint density at radius 2 is 1.42 bits per heavy atom. The first kappa shape index (κ1) is 18.0. The van der Waals surface area contributed by atoms with E-state index in [2.05, 4.69) is 76.0 Å². The summed E-state index contributed by atoms with van der Waals surface area (Å²) >= 11 is 0. The molecular weight excluding hydrogens is 383 g/mol. The van der Waals surface area contributed by atoms with Gasteiger partial charge in [0.25, 0.3) is 0 Å². The molecule has 0 aliphatic heterocycles. The molecule has 0 saturated heterocycles. The van der Waals surface area contributed by atoms with Crippen LogP contribution in [0.25, 0.3) is 44.1 Å². The van der Waals surface area contributed by atoms with E-state index < -0.39 is 7.12 Å². The third-order valence-electron chi connectivity index (χ3n) is 5.95. The Morgan fingerprint density at radius 1 is 0.645 bits per heavy atom. The lowest BCUT2D eigenvalue weighted by Gasteiger charge is -2.10. The molecule has 0 radical (unpaired) electrons. The third kappa shape index (κ3) is 2.71. The summed E-state index contributed by atoms with van der Waals surface area (Å²) in [6.45, 7) is 0. The monoisotopic (exact) mass is 402 g/mol. The van der Waals surface area contributed by atoms with Gasteiger partial charge in [-0.1, -0.05) is 54.6 Å². The van der Waals surface area contributed by atoms with Crippen LogP contribution in [0.2, 0.25) is 0 Å². The van der Waals surface area contributed by atoms with Gasteiger partial charge >= 0.3 is 7.12 Å². The van der Waals surface area contributed by atoms with E-state index in [-0.39, 0.29) is 0 Å². The van der Waals surface area contributed by atoms with Crippen LogP contribution in [-0.4, -0.2) is 26.3 Å². The zero-order valence-electron chi connectivity index (χ0n) is 16.7. The van der Waals surface area contributed by atoms with Gasteiger partial charge in [-0.25, -0.2) is 0 Å². The Labute approximate surface area is 179 Å². The lowest BCUT2D eigenvalue weighted by atomic mass is 9.80. The van der Waals surface area contributed by atoms with Gasteiger partial charge in [-0.15, -0.1) is 0 Å². The lowest BCUT2D eigenvalue weighted by Crippen LogP contribution is -2.29. The van der Waals surface area contributed by atoms with Crippen LogP contribution in [0.1, 0.15) is 0 Å². The predicted molar refractivity (Wildman–Crippen MR) is 127 cm³/mol. The topological polar surface area (TPSA) is 50.3 Å². The Balaban J connectivity index is 1.76. The summed E-state index contributed by atoms with van der Waals surface area (Å²) in [5.41, 5.74) is 5.81. The SMILES string of the molecule is OB(O)c1cccc(-n2c3ccccc3c3c4c(ccc32)ccn4-c2ccccc2)c1. The van der Waals surface area contributed by atoms with Crippen LogP contribution in [0.15, 0.2) is 103 Å². The van der Waals surface area contributed by atoms with E-state index in [1.807, 2.05) is 30.3 Å². The quantitative estimate of drug-likeness (QED) is 0.431. The van der Waals surface area contributed by atoms with Crippen molar-refractivity contribution < 1.29 is 10.0 Å². The van der Waals surface area contributed by atoms with Crippen molar-refractivity contribution in [2.75, 3.05) is 0 Å². The Bertz CT molecular complexity index is 1560. The highest BCUT2D eigenvalue weighted by Gasteiger charge is 2.18. The van der Waals surface area contributed by atoms with Crippen molar-refractivity contribution in [1.82, 2.24) is 9.13 Å². The van der Waals surface area contributed by atoms with E-state index in [4.69, 9.17) is 0 Å². The van der Waals surface area contributed by atoms with Crippen LogP contribution < -0.4 is 5.46 Å². The minimum Gasteiger partial charge on any atom is -0.423 e. The number of hydrogen-bond donors (Lipinski definition) is 2. The molecule has 0 aliphatic rings. The average molecular weight is 402 g/mol. The van der Waals surface area contributed by atoms with Crippen LogP contribution in [0.5, 0.6) is 0 Å². The van der Waals surface area contributed by atoms with Crippen molar-refractivity contribution >= 4 is 45.3 Å². The van der Waals surface area contributed by atoms with Gasteiger partial charge < -0.3 is 19.2 Å². The van der Waals surface area contributed by atoms with Crippen molar-refractivity contribution in [1.29, 1.82) is 0 Å². The standard InChI is InChI=1S/C26H19BN2O2/c30-27(31)19-7-6-10-21(17-19)29-23-12-5-4-11-22(23)25-24(29)14-13-18-15-16-28(26(18)25)20-8-2-1-3-9-20/h1-17,30-31H. The molecule has 0 atom stereocenters. The molecule has 31 heavy (non-hydrogen) atoms. The molecule has 0 saturated carbocycles. The highest BCUT2D eigenvalue weighted by atomic mass is 16.4. The molecule has 4 nitrogen and oxygen atoms in total. The van der Waals surface area contributed by atoms with Gasteiger partial charge in [0, 0.05) is 33.7 Å². The zero-order valence-corrected chi connectivity index (χ0v) is 16.7. The summed E-state index contributed by atoms with van der Waals surface area (Å²) in [5, 5.41) is 22.9. The van der Waals surface area contributed by atoms with E-state index in [0.29, 0.717) is 5.46 Å². The molecular formula is C26H19BN2O2. The largest absolute Gasteiger partial charge is 0.488 e. The Morgan fingerprint density at radius 3 is 2.26 bits per heavy atom. The summed E-state index contributed by atoms with van der Waals surface area (Å²) in [4.78, 5) is 0. The van der Waals surface area contributed by atoms with E-state index in [9.17, 15) is 10.0 Å². The zero-order chi connectivity index (χ0) is 20.9. The number of fused-ring (bicyclic) bond motifs is 5. The van der Waals surface area contributed by atoms with Crippen molar-refractivity contribution in [3.8, 4) is 11.4 Å². The molecule has 0 amide bonds. The van der Waals surface area contributed by atoms with Gasteiger partial charge in [-0.2, -0.15) is 0 Å². The summed E-state index contributed by atoms with van der Waals surface area (Å²) in [5.74, 6) is 0. The van der Waals surface area contributed by atoms with Crippen LogP contribution in [0.4, 0.5) is 0 Å². The Kier molecular flexibility index (Phi) is 4.00. The second kappa shape index (κ2) is 6.88. The second-order valence-corrected chi connectivity index (χ2v) is 7.74. The van der Waals surface area contributed by atoms with Gasteiger partial charge in [-0.05, 0) is 47.9 Å². The number of benzene rings is 4. The van der Waals surface area contributed by atoms with Gasteiger partial charge in [0.15, 0.2) is 0 Å². The molecule has 2 N–H and O–H groups in total. The van der Waals surface area contributed by atoms with Crippen molar-refractivity contribution in [2.24, 2.45) is 0 Å². The Hall–Kier alpha value is -3.80. The summed E-state index contributed by atoms with van der Waals surface area (Å²) in [6, 6.07) is 32.6. The molecule has 0 spiro atoms. The average Bonchev–Trinajstić information content (AvgIpc) is 3.38. The maximum atomic E-state index is 9.69. The minimum atomic E-state index is -1.50. The molecule has 0 fully saturated rings. The summed E-state index contributed by atoms with van der Waals surface area (Å²) in [7, 11) is -1.50. The molecule has 2 aromatic heterocycles. The van der Waals surface area contributed by atoms with Crippen molar-refractivity contribution in [3.05, 3.63) is 103 Å². The molecule has 5 heteroatoms. The van der Waals surface area contributed by atoms with Crippen LogP contribution in [0, 0.1) is 0 Å². The fourth-order valence-electron chi connectivity index (χ4n) is 4.59.